The van der Waals surface area contributed by atoms with Crippen LogP contribution in [0.5, 0.6) is 0 Å². The van der Waals surface area contributed by atoms with Gasteiger partial charge < -0.3 is 0 Å². The molecule has 0 unspecified atom stereocenters. The summed E-state index contributed by atoms with van der Waals surface area (Å²) >= 11 is 1.82. The first-order chi connectivity index (χ1) is 4.43. The van der Waals surface area contributed by atoms with Crippen LogP contribution in [0.15, 0.2) is 29.2 Å². The number of thioether (sulfide) groups is 1. The zero-order valence-electron chi connectivity index (χ0n) is 5.42. The van der Waals surface area contributed by atoms with E-state index in [2.05, 4.69) is 19.1 Å². The van der Waals surface area contributed by atoms with Crippen LogP contribution in [0.1, 0.15) is 6.92 Å². The molecule has 0 aliphatic rings. The minimum Gasteiger partial charge on any atom is -0.126 e. The van der Waals surface area contributed by atoms with Crippen molar-refractivity contribution in [2.24, 2.45) is 0 Å². The van der Waals surface area contributed by atoms with Gasteiger partial charge in [-0.25, -0.2) is 0 Å². The quantitative estimate of drug-likeness (QED) is 0.564. The largest absolute Gasteiger partial charge is 0.126 e. The van der Waals surface area contributed by atoms with Crippen molar-refractivity contribution in [2.75, 3.05) is 5.75 Å². The van der Waals surface area contributed by atoms with Gasteiger partial charge >= 0.3 is 0 Å². The Morgan fingerprint density at radius 2 is 2.44 bits per heavy atom. The van der Waals surface area contributed by atoms with Crippen molar-refractivity contribution in [1.29, 1.82) is 0 Å². The summed E-state index contributed by atoms with van der Waals surface area (Å²) in [5.74, 6) is 1.13. The van der Waals surface area contributed by atoms with Crippen molar-refractivity contribution in [3.63, 3.8) is 0 Å². The second-order valence-electron chi connectivity index (χ2n) is 1.66. The minimum absolute atomic E-state index is 1.13. The molecule has 47 valence electrons. The molecule has 9 heavy (non-hydrogen) atoms. The highest BCUT2D eigenvalue weighted by Crippen LogP contribution is 2.14. The van der Waals surface area contributed by atoms with E-state index in [0.29, 0.717) is 0 Å². The monoisotopic (exact) mass is 137 g/mol. The van der Waals surface area contributed by atoms with E-state index in [4.69, 9.17) is 0 Å². The van der Waals surface area contributed by atoms with E-state index in [1.54, 1.807) is 0 Å². The van der Waals surface area contributed by atoms with E-state index in [9.17, 15) is 0 Å². The van der Waals surface area contributed by atoms with Gasteiger partial charge in [0.25, 0.3) is 0 Å². The highest BCUT2D eigenvalue weighted by Gasteiger charge is 1.85. The standard InChI is InChI=1S/C8H9S/c1-2-9-8-6-4-3-5-7-8/h3-6H,2H2,1H3. The first-order valence-electron chi connectivity index (χ1n) is 3.03. The molecule has 0 aliphatic carbocycles. The molecule has 0 N–H and O–H groups in total. The van der Waals surface area contributed by atoms with Crippen LogP contribution >= 0.6 is 11.8 Å². The molecule has 0 bridgehead atoms. The lowest BCUT2D eigenvalue weighted by atomic mass is 10.4. The fourth-order valence-corrected chi connectivity index (χ4v) is 1.26. The molecule has 0 aliphatic heterocycles. The fraction of sp³-hybridized carbons (Fsp3) is 0.250. The molecule has 1 rings (SSSR count). The molecule has 1 aromatic rings. The van der Waals surface area contributed by atoms with E-state index in [-0.39, 0.29) is 0 Å². The van der Waals surface area contributed by atoms with Gasteiger partial charge in [0, 0.05) is 4.90 Å². The Bertz CT molecular complexity index is 157. The Kier molecular flexibility index (Phi) is 2.65. The first kappa shape index (κ1) is 6.69. The van der Waals surface area contributed by atoms with Crippen LogP contribution in [0, 0.1) is 6.07 Å². The van der Waals surface area contributed by atoms with Gasteiger partial charge in [-0.1, -0.05) is 25.1 Å². The van der Waals surface area contributed by atoms with E-state index < -0.39 is 0 Å². The van der Waals surface area contributed by atoms with Gasteiger partial charge in [0.2, 0.25) is 0 Å². The maximum atomic E-state index is 3.13. The molecule has 1 radical (unpaired) electrons. The molecular formula is C8H9S. The van der Waals surface area contributed by atoms with Crippen LogP contribution in [-0.2, 0) is 0 Å². The molecule has 0 aromatic heterocycles. The van der Waals surface area contributed by atoms with E-state index in [1.807, 2.05) is 30.0 Å². The average molecular weight is 137 g/mol. The summed E-state index contributed by atoms with van der Waals surface area (Å²) in [7, 11) is 0. The Morgan fingerprint density at radius 1 is 1.56 bits per heavy atom. The Balaban J connectivity index is 2.61. The minimum atomic E-state index is 1.13. The highest BCUT2D eigenvalue weighted by atomic mass is 32.2. The summed E-state index contributed by atoms with van der Waals surface area (Å²) in [6.45, 7) is 2.14. The van der Waals surface area contributed by atoms with Gasteiger partial charge in [0.05, 0.1) is 0 Å². The van der Waals surface area contributed by atoms with Crippen molar-refractivity contribution in [3.05, 3.63) is 30.3 Å². The molecule has 0 heterocycles. The lowest BCUT2D eigenvalue weighted by Gasteiger charge is -1.92. The molecule has 0 nitrogen and oxygen atoms in total. The molecule has 0 atom stereocenters. The Labute approximate surface area is 60.3 Å². The van der Waals surface area contributed by atoms with Crippen molar-refractivity contribution in [2.45, 2.75) is 11.8 Å². The van der Waals surface area contributed by atoms with Crippen LogP contribution in [0.2, 0.25) is 0 Å². The van der Waals surface area contributed by atoms with Gasteiger partial charge in [-0.15, -0.1) is 11.8 Å². The molecule has 1 heteroatoms. The zero-order chi connectivity index (χ0) is 6.53. The Hall–Kier alpha value is -0.430. The molecule has 0 amide bonds. The third-order valence-electron chi connectivity index (χ3n) is 0.980. The lowest BCUT2D eigenvalue weighted by Crippen LogP contribution is -1.69. The van der Waals surface area contributed by atoms with Crippen molar-refractivity contribution >= 4 is 11.8 Å². The zero-order valence-corrected chi connectivity index (χ0v) is 6.24. The summed E-state index contributed by atoms with van der Waals surface area (Å²) in [6, 6.07) is 11.2. The second-order valence-corrected chi connectivity index (χ2v) is 2.97. The molecule has 0 fully saturated rings. The van der Waals surface area contributed by atoms with E-state index in [0.717, 1.165) is 5.75 Å². The normalized spacial score (nSPS) is 9.44. The van der Waals surface area contributed by atoms with E-state index in [1.165, 1.54) is 4.90 Å². The number of rotatable bonds is 2. The van der Waals surface area contributed by atoms with Gasteiger partial charge in [0.15, 0.2) is 0 Å². The van der Waals surface area contributed by atoms with Gasteiger partial charge in [-0.3, -0.25) is 0 Å². The highest BCUT2D eigenvalue weighted by molar-refractivity contribution is 7.99. The number of benzene rings is 1. The predicted molar refractivity (Wildman–Crippen MR) is 41.7 cm³/mol. The third-order valence-corrected chi connectivity index (χ3v) is 1.83. The molecule has 0 spiro atoms. The maximum absolute atomic E-state index is 3.13. The topological polar surface area (TPSA) is 0 Å². The molecule has 0 saturated carbocycles. The van der Waals surface area contributed by atoms with Gasteiger partial charge in [-0.05, 0) is 17.9 Å². The van der Waals surface area contributed by atoms with Gasteiger partial charge in [-0.2, -0.15) is 0 Å². The second kappa shape index (κ2) is 3.57. The van der Waals surface area contributed by atoms with Crippen LogP contribution in [0.3, 0.4) is 0 Å². The molecular weight excluding hydrogens is 128 g/mol. The summed E-state index contributed by atoms with van der Waals surface area (Å²) in [5.41, 5.74) is 0. The molecule has 1 aromatic carbocycles. The average Bonchev–Trinajstić information content (AvgIpc) is 1.91. The van der Waals surface area contributed by atoms with Crippen LogP contribution in [0.25, 0.3) is 0 Å². The summed E-state index contributed by atoms with van der Waals surface area (Å²) in [4.78, 5) is 1.24. The third kappa shape index (κ3) is 2.10. The van der Waals surface area contributed by atoms with E-state index >= 15 is 0 Å². The summed E-state index contributed by atoms with van der Waals surface area (Å²) in [6.07, 6.45) is 0. The maximum Gasteiger partial charge on any atom is 0.0151 e. The smallest absolute Gasteiger partial charge is 0.0151 e. The van der Waals surface area contributed by atoms with Gasteiger partial charge in [0.1, 0.15) is 0 Å². The summed E-state index contributed by atoms with van der Waals surface area (Å²) < 4.78 is 0. The predicted octanol–water partition coefficient (Wildman–Crippen LogP) is 2.60. The van der Waals surface area contributed by atoms with Crippen LogP contribution < -0.4 is 0 Å². The first-order valence-corrected chi connectivity index (χ1v) is 4.01. The fourth-order valence-electron chi connectivity index (χ4n) is 0.622. The SMILES string of the molecule is CCSc1[c]cccc1. The van der Waals surface area contributed by atoms with Crippen molar-refractivity contribution < 1.29 is 0 Å². The van der Waals surface area contributed by atoms with Crippen molar-refractivity contribution in [3.8, 4) is 0 Å². The van der Waals surface area contributed by atoms with Crippen LogP contribution in [0.4, 0.5) is 0 Å². The summed E-state index contributed by atoms with van der Waals surface area (Å²) in [5, 5.41) is 0. The van der Waals surface area contributed by atoms with Crippen molar-refractivity contribution in [1.82, 2.24) is 0 Å². The lowest BCUT2D eigenvalue weighted by molar-refractivity contribution is 1.42. The number of hydrogen-bond donors (Lipinski definition) is 0. The Morgan fingerprint density at radius 3 is 3.00 bits per heavy atom. The molecule has 0 saturated heterocycles. The van der Waals surface area contributed by atoms with Crippen LogP contribution in [-0.4, -0.2) is 5.75 Å². The number of hydrogen-bond acceptors (Lipinski definition) is 1.